The predicted molar refractivity (Wildman–Crippen MR) is 60.9 cm³/mol. The lowest BCUT2D eigenvalue weighted by Crippen LogP contribution is -2.34. The predicted octanol–water partition coefficient (Wildman–Crippen LogP) is 2.53. The minimum absolute atomic E-state index is 0.750. The van der Waals surface area contributed by atoms with Crippen LogP contribution >= 0.6 is 23.8 Å². The Morgan fingerprint density at radius 1 is 1.54 bits per heavy atom. The van der Waals surface area contributed by atoms with Gasteiger partial charge in [-0.2, -0.15) is 0 Å². The third-order valence-electron chi connectivity index (χ3n) is 2.03. The molecule has 2 nitrogen and oxygen atoms in total. The maximum atomic E-state index is 5.89. The normalized spacial score (nSPS) is 15.2. The zero-order valence-electron chi connectivity index (χ0n) is 7.17. The molecule has 0 aromatic heterocycles. The van der Waals surface area contributed by atoms with Crippen LogP contribution in [0, 0.1) is 0 Å². The SMILES string of the molecule is CN1CC(=S)Nc2ccc(Cl)cc21. The molecule has 68 valence electrons. The van der Waals surface area contributed by atoms with Crippen molar-refractivity contribution in [2.24, 2.45) is 0 Å². The summed E-state index contributed by atoms with van der Waals surface area (Å²) in [5.74, 6) is 0. The fraction of sp³-hybridized carbons (Fsp3) is 0.222. The molecule has 0 aliphatic carbocycles. The number of fused-ring (bicyclic) bond motifs is 1. The van der Waals surface area contributed by atoms with Gasteiger partial charge in [-0.25, -0.2) is 0 Å². The summed E-state index contributed by atoms with van der Waals surface area (Å²) in [6.45, 7) is 0.753. The Balaban J connectivity index is 2.49. The first-order valence-electron chi connectivity index (χ1n) is 3.97. The number of nitrogens with one attached hydrogen (secondary N) is 1. The number of hydrogen-bond acceptors (Lipinski definition) is 2. The monoisotopic (exact) mass is 212 g/mol. The summed E-state index contributed by atoms with van der Waals surface area (Å²) in [7, 11) is 2.00. The summed E-state index contributed by atoms with van der Waals surface area (Å²) >= 11 is 11.0. The molecule has 0 bridgehead atoms. The zero-order valence-corrected chi connectivity index (χ0v) is 8.75. The van der Waals surface area contributed by atoms with Crippen molar-refractivity contribution in [1.29, 1.82) is 0 Å². The van der Waals surface area contributed by atoms with Gasteiger partial charge in [0.2, 0.25) is 0 Å². The lowest BCUT2D eigenvalue weighted by Gasteiger charge is -2.28. The van der Waals surface area contributed by atoms with Crippen LogP contribution in [0.15, 0.2) is 18.2 Å². The summed E-state index contributed by atoms with van der Waals surface area (Å²) in [6, 6.07) is 5.74. The second kappa shape index (κ2) is 3.16. The van der Waals surface area contributed by atoms with E-state index in [1.165, 1.54) is 0 Å². The molecule has 0 atom stereocenters. The van der Waals surface area contributed by atoms with Gasteiger partial charge in [0, 0.05) is 12.1 Å². The molecule has 0 amide bonds. The van der Waals surface area contributed by atoms with E-state index in [9.17, 15) is 0 Å². The van der Waals surface area contributed by atoms with Gasteiger partial charge in [0.05, 0.1) is 22.9 Å². The second-order valence-electron chi connectivity index (χ2n) is 3.07. The quantitative estimate of drug-likeness (QED) is 0.666. The van der Waals surface area contributed by atoms with Crippen molar-refractivity contribution in [3.8, 4) is 0 Å². The molecule has 1 aliphatic rings. The van der Waals surface area contributed by atoms with Crippen LogP contribution in [-0.2, 0) is 0 Å². The van der Waals surface area contributed by atoms with Crippen molar-refractivity contribution < 1.29 is 0 Å². The molecule has 1 N–H and O–H groups in total. The Hall–Kier alpha value is -0.800. The smallest absolute Gasteiger partial charge is 0.0994 e. The number of halogens is 1. The Morgan fingerprint density at radius 2 is 2.31 bits per heavy atom. The highest BCUT2D eigenvalue weighted by atomic mass is 35.5. The second-order valence-corrected chi connectivity index (χ2v) is 3.99. The number of hydrogen-bond donors (Lipinski definition) is 1. The lowest BCUT2D eigenvalue weighted by molar-refractivity contribution is 1.05. The average molecular weight is 213 g/mol. The summed E-state index contributed by atoms with van der Waals surface area (Å²) in [4.78, 5) is 2.93. The van der Waals surface area contributed by atoms with Crippen LogP contribution in [0.4, 0.5) is 11.4 Å². The topological polar surface area (TPSA) is 15.3 Å². The lowest BCUT2D eigenvalue weighted by atomic mass is 10.2. The van der Waals surface area contributed by atoms with E-state index in [1.54, 1.807) is 0 Å². The standard InChI is InChI=1S/C9H9ClN2S/c1-12-5-9(13)11-7-3-2-6(10)4-8(7)12/h2-4H,5H2,1H3,(H,11,13). The molecule has 0 spiro atoms. The van der Waals surface area contributed by atoms with Gasteiger partial charge < -0.3 is 10.2 Å². The zero-order chi connectivity index (χ0) is 9.42. The Kier molecular flexibility index (Phi) is 2.14. The Morgan fingerprint density at radius 3 is 3.08 bits per heavy atom. The average Bonchev–Trinajstić information content (AvgIpc) is 2.06. The molecular weight excluding hydrogens is 204 g/mol. The number of benzene rings is 1. The molecular formula is C9H9ClN2S. The molecule has 13 heavy (non-hydrogen) atoms. The van der Waals surface area contributed by atoms with E-state index in [0.717, 1.165) is 27.9 Å². The molecule has 0 radical (unpaired) electrons. The first kappa shape index (κ1) is 8.78. The van der Waals surface area contributed by atoms with Gasteiger partial charge in [-0.15, -0.1) is 0 Å². The summed E-state index contributed by atoms with van der Waals surface area (Å²) in [5, 5.41) is 3.90. The van der Waals surface area contributed by atoms with Gasteiger partial charge in [-0.1, -0.05) is 23.8 Å². The van der Waals surface area contributed by atoms with Gasteiger partial charge >= 0.3 is 0 Å². The molecule has 2 rings (SSSR count). The van der Waals surface area contributed by atoms with Crippen molar-refractivity contribution in [2.75, 3.05) is 23.8 Å². The molecule has 0 saturated heterocycles. The van der Waals surface area contributed by atoms with E-state index in [1.807, 2.05) is 25.2 Å². The molecule has 1 aromatic carbocycles. The highest BCUT2D eigenvalue weighted by Gasteiger charge is 2.16. The van der Waals surface area contributed by atoms with Gasteiger partial charge in [0.1, 0.15) is 0 Å². The number of thiocarbonyl (C=S) groups is 1. The van der Waals surface area contributed by atoms with Crippen LogP contribution in [0.1, 0.15) is 0 Å². The Labute approximate surface area is 87.5 Å². The summed E-state index contributed by atoms with van der Waals surface area (Å²) < 4.78 is 0. The number of rotatable bonds is 0. The van der Waals surface area contributed by atoms with Crippen LogP contribution in [0.2, 0.25) is 5.02 Å². The van der Waals surface area contributed by atoms with Crippen LogP contribution in [0.25, 0.3) is 0 Å². The fourth-order valence-electron chi connectivity index (χ4n) is 1.42. The van der Waals surface area contributed by atoms with Gasteiger partial charge in [0.15, 0.2) is 0 Å². The highest BCUT2D eigenvalue weighted by molar-refractivity contribution is 7.80. The molecule has 0 saturated carbocycles. The first-order chi connectivity index (χ1) is 6.16. The Bertz CT molecular complexity index is 365. The summed E-state index contributed by atoms with van der Waals surface area (Å²) in [6.07, 6.45) is 0. The highest BCUT2D eigenvalue weighted by Crippen LogP contribution is 2.31. The van der Waals surface area contributed by atoms with Crippen LogP contribution in [0.3, 0.4) is 0 Å². The van der Waals surface area contributed by atoms with Crippen molar-refractivity contribution in [3.05, 3.63) is 23.2 Å². The molecule has 1 aromatic rings. The van der Waals surface area contributed by atoms with Gasteiger partial charge in [-0.05, 0) is 18.2 Å². The largest absolute Gasteiger partial charge is 0.366 e. The number of anilines is 2. The number of likely N-dealkylation sites (N-methyl/N-ethyl adjacent to an activating group) is 1. The van der Waals surface area contributed by atoms with E-state index in [4.69, 9.17) is 23.8 Å². The van der Waals surface area contributed by atoms with Crippen molar-refractivity contribution in [1.82, 2.24) is 0 Å². The van der Waals surface area contributed by atoms with Crippen molar-refractivity contribution in [3.63, 3.8) is 0 Å². The van der Waals surface area contributed by atoms with E-state index in [-0.39, 0.29) is 0 Å². The molecule has 1 aliphatic heterocycles. The van der Waals surface area contributed by atoms with Crippen molar-refractivity contribution >= 4 is 40.2 Å². The fourth-order valence-corrected chi connectivity index (χ4v) is 1.89. The maximum Gasteiger partial charge on any atom is 0.0994 e. The third-order valence-corrected chi connectivity index (χ3v) is 2.49. The number of nitrogens with zero attached hydrogens (tertiary/aromatic N) is 1. The minimum Gasteiger partial charge on any atom is -0.366 e. The minimum atomic E-state index is 0.750. The molecule has 0 unspecified atom stereocenters. The van der Waals surface area contributed by atoms with E-state index in [0.29, 0.717) is 0 Å². The molecule has 1 heterocycles. The van der Waals surface area contributed by atoms with E-state index < -0.39 is 0 Å². The molecule has 4 heteroatoms. The van der Waals surface area contributed by atoms with Crippen LogP contribution in [0.5, 0.6) is 0 Å². The maximum absolute atomic E-state index is 5.89. The van der Waals surface area contributed by atoms with Crippen LogP contribution in [-0.4, -0.2) is 18.6 Å². The van der Waals surface area contributed by atoms with Crippen molar-refractivity contribution in [2.45, 2.75) is 0 Å². The van der Waals surface area contributed by atoms with Gasteiger partial charge in [-0.3, -0.25) is 0 Å². The summed E-state index contributed by atoms with van der Waals surface area (Å²) in [5.41, 5.74) is 2.13. The molecule has 0 fully saturated rings. The first-order valence-corrected chi connectivity index (χ1v) is 4.76. The van der Waals surface area contributed by atoms with Gasteiger partial charge in [0.25, 0.3) is 0 Å². The van der Waals surface area contributed by atoms with Crippen LogP contribution < -0.4 is 10.2 Å². The van der Waals surface area contributed by atoms with E-state index >= 15 is 0 Å². The third kappa shape index (κ3) is 1.62. The van der Waals surface area contributed by atoms with E-state index in [2.05, 4.69) is 10.2 Å².